The van der Waals surface area contributed by atoms with Crippen molar-refractivity contribution in [3.8, 4) is 16.2 Å². The van der Waals surface area contributed by atoms with Gasteiger partial charge in [-0.2, -0.15) is 0 Å². The monoisotopic (exact) mass is 494 g/mol. The standard InChI is InChI=1S/C25H24ClN4OPS/c1-2-32-31-22-13-19(9-10-20(22)26)29-25-24-21(27-16-28-25)14-23(33-24)18-7-5-17(6-8-18)15-30-11-3-4-12-30/h2,5-10,13-14,16,32H,1,3-4,11-12,15H2,(H,27,28,29). The number of anilines is 2. The van der Waals surface area contributed by atoms with Gasteiger partial charge in [-0.3, -0.25) is 4.90 Å². The highest BCUT2D eigenvalue weighted by Gasteiger charge is 2.14. The Hall–Kier alpha value is -2.50. The van der Waals surface area contributed by atoms with Crippen molar-refractivity contribution in [2.45, 2.75) is 19.4 Å². The van der Waals surface area contributed by atoms with E-state index in [1.807, 2.05) is 18.2 Å². The van der Waals surface area contributed by atoms with Gasteiger partial charge in [0.2, 0.25) is 0 Å². The van der Waals surface area contributed by atoms with Crippen molar-refractivity contribution in [3.63, 3.8) is 0 Å². The van der Waals surface area contributed by atoms with Crippen molar-refractivity contribution in [2.24, 2.45) is 0 Å². The number of likely N-dealkylation sites (tertiary alicyclic amines) is 1. The first-order valence-electron chi connectivity index (χ1n) is 10.9. The number of benzene rings is 2. The lowest BCUT2D eigenvalue weighted by atomic mass is 10.1. The van der Waals surface area contributed by atoms with Gasteiger partial charge < -0.3 is 9.84 Å². The van der Waals surface area contributed by atoms with Crippen LogP contribution in [-0.4, -0.2) is 28.0 Å². The highest BCUT2D eigenvalue weighted by molar-refractivity contribution is 7.36. The minimum atomic E-state index is 0.150. The Balaban J connectivity index is 1.38. The van der Waals surface area contributed by atoms with E-state index in [1.54, 1.807) is 23.5 Å². The number of halogens is 1. The Morgan fingerprint density at radius 1 is 1.12 bits per heavy atom. The quantitative estimate of drug-likeness (QED) is 0.257. The van der Waals surface area contributed by atoms with Gasteiger partial charge in [0, 0.05) is 23.2 Å². The molecule has 33 heavy (non-hydrogen) atoms. The number of nitrogens with one attached hydrogen (secondary N) is 1. The molecule has 1 fully saturated rings. The number of hydrogen-bond acceptors (Lipinski definition) is 6. The molecule has 1 N–H and O–H groups in total. The lowest BCUT2D eigenvalue weighted by Gasteiger charge is -2.14. The van der Waals surface area contributed by atoms with Crippen molar-refractivity contribution in [1.29, 1.82) is 0 Å². The van der Waals surface area contributed by atoms with Crippen LogP contribution in [0.15, 0.2) is 67.3 Å². The molecule has 0 saturated carbocycles. The molecule has 4 aromatic rings. The number of hydrogen-bond donors (Lipinski definition) is 1. The van der Waals surface area contributed by atoms with Crippen LogP contribution < -0.4 is 9.84 Å². The zero-order valence-corrected chi connectivity index (χ0v) is 20.6. The fraction of sp³-hybridized carbons (Fsp3) is 0.200. The van der Waals surface area contributed by atoms with E-state index in [2.05, 4.69) is 57.1 Å². The average molecular weight is 495 g/mol. The summed E-state index contributed by atoms with van der Waals surface area (Å²) in [5.41, 5.74) is 4.33. The molecule has 5 rings (SSSR count). The lowest BCUT2D eigenvalue weighted by Crippen LogP contribution is -2.18. The Bertz CT molecular complexity index is 1270. The highest BCUT2D eigenvalue weighted by atomic mass is 35.5. The first kappa shape index (κ1) is 22.3. The Morgan fingerprint density at radius 3 is 2.73 bits per heavy atom. The summed E-state index contributed by atoms with van der Waals surface area (Å²) in [5, 5.41) is 3.96. The van der Waals surface area contributed by atoms with Gasteiger partial charge in [0.15, 0.2) is 5.82 Å². The van der Waals surface area contributed by atoms with E-state index in [0.717, 1.165) is 28.3 Å². The summed E-state index contributed by atoms with van der Waals surface area (Å²) in [6.07, 6.45) is 4.22. The van der Waals surface area contributed by atoms with Crippen LogP contribution in [0.5, 0.6) is 5.75 Å². The van der Waals surface area contributed by atoms with Crippen LogP contribution in [0.25, 0.3) is 20.7 Å². The molecule has 1 atom stereocenters. The van der Waals surface area contributed by atoms with Crippen molar-refractivity contribution in [1.82, 2.24) is 14.9 Å². The van der Waals surface area contributed by atoms with Crippen LogP contribution in [0, 0.1) is 0 Å². The number of rotatable bonds is 8. The molecule has 1 aliphatic rings. The molecule has 5 nitrogen and oxygen atoms in total. The molecule has 0 bridgehead atoms. The average Bonchev–Trinajstić information content (AvgIpc) is 3.50. The van der Waals surface area contributed by atoms with Crippen LogP contribution in [-0.2, 0) is 6.54 Å². The first-order chi connectivity index (χ1) is 16.2. The fourth-order valence-corrected chi connectivity index (χ4v) is 5.62. The molecule has 0 amide bonds. The SMILES string of the molecule is C=CPOc1cc(Nc2ncnc3cc(-c4ccc(CN5CCCC5)cc4)sc23)ccc1Cl. The van der Waals surface area contributed by atoms with E-state index < -0.39 is 0 Å². The van der Waals surface area contributed by atoms with Crippen LogP contribution in [0.3, 0.4) is 0 Å². The third-order valence-corrected chi connectivity index (χ3v) is 7.60. The van der Waals surface area contributed by atoms with Gasteiger partial charge in [0.05, 0.1) is 24.0 Å². The summed E-state index contributed by atoms with van der Waals surface area (Å²) in [4.78, 5) is 12.7. The molecule has 2 aromatic carbocycles. The summed E-state index contributed by atoms with van der Waals surface area (Å²) in [6.45, 7) is 7.15. The number of fused-ring (bicyclic) bond motifs is 1. The van der Waals surface area contributed by atoms with Crippen molar-refractivity contribution in [3.05, 3.63) is 77.8 Å². The molecule has 1 saturated heterocycles. The number of aromatic nitrogens is 2. The maximum Gasteiger partial charge on any atom is 0.151 e. The predicted octanol–water partition coefficient (Wildman–Crippen LogP) is 7.47. The van der Waals surface area contributed by atoms with Gasteiger partial charge in [-0.1, -0.05) is 42.4 Å². The topological polar surface area (TPSA) is 50.3 Å². The molecule has 0 aliphatic carbocycles. The Kier molecular flexibility index (Phi) is 6.88. The van der Waals surface area contributed by atoms with E-state index in [0.29, 0.717) is 10.8 Å². The van der Waals surface area contributed by atoms with Crippen molar-refractivity contribution in [2.75, 3.05) is 18.4 Å². The van der Waals surface area contributed by atoms with E-state index in [-0.39, 0.29) is 8.81 Å². The molecule has 0 radical (unpaired) electrons. The second kappa shape index (κ2) is 10.2. The van der Waals surface area contributed by atoms with Gasteiger partial charge in [-0.25, -0.2) is 9.97 Å². The van der Waals surface area contributed by atoms with Gasteiger partial charge in [-0.15, -0.1) is 11.3 Å². The summed E-state index contributed by atoms with van der Waals surface area (Å²) in [6, 6.07) is 16.6. The van der Waals surface area contributed by atoms with Crippen molar-refractivity contribution < 1.29 is 4.52 Å². The molecule has 2 aromatic heterocycles. The van der Waals surface area contributed by atoms with Crippen LogP contribution in [0.1, 0.15) is 18.4 Å². The van der Waals surface area contributed by atoms with Gasteiger partial charge >= 0.3 is 0 Å². The van der Waals surface area contributed by atoms with Crippen LogP contribution in [0.4, 0.5) is 11.5 Å². The highest BCUT2D eigenvalue weighted by Crippen LogP contribution is 2.38. The molecule has 168 valence electrons. The molecule has 0 spiro atoms. The normalized spacial score (nSPS) is 14.3. The first-order valence-corrected chi connectivity index (χ1v) is 13.0. The third-order valence-electron chi connectivity index (χ3n) is 5.60. The zero-order valence-electron chi connectivity index (χ0n) is 18.1. The van der Waals surface area contributed by atoms with E-state index in [1.165, 1.54) is 41.9 Å². The minimum absolute atomic E-state index is 0.150. The summed E-state index contributed by atoms with van der Waals surface area (Å²) < 4.78 is 6.68. The maximum atomic E-state index is 6.25. The van der Waals surface area contributed by atoms with Crippen molar-refractivity contribution >= 4 is 53.5 Å². The second-order valence-electron chi connectivity index (χ2n) is 7.92. The molecule has 1 unspecified atom stereocenters. The van der Waals surface area contributed by atoms with E-state index in [9.17, 15) is 0 Å². The predicted molar refractivity (Wildman–Crippen MR) is 141 cm³/mol. The Labute approximate surface area is 204 Å². The smallest absolute Gasteiger partial charge is 0.151 e. The van der Waals surface area contributed by atoms with E-state index in [4.69, 9.17) is 16.1 Å². The molecular formula is C25H24ClN4OPS. The largest absolute Gasteiger partial charge is 0.471 e. The summed E-state index contributed by atoms with van der Waals surface area (Å²) in [7, 11) is 0.150. The Morgan fingerprint density at radius 2 is 1.94 bits per heavy atom. The number of nitrogens with zero attached hydrogens (tertiary/aromatic N) is 3. The fourth-order valence-electron chi connectivity index (χ4n) is 3.96. The second-order valence-corrected chi connectivity index (χ2v) is 10.2. The molecule has 1 aliphatic heterocycles. The summed E-state index contributed by atoms with van der Waals surface area (Å²) in [5.74, 6) is 3.10. The molecular weight excluding hydrogens is 471 g/mol. The van der Waals surface area contributed by atoms with E-state index >= 15 is 0 Å². The lowest BCUT2D eigenvalue weighted by molar-refractivity contribution is 0.331. The number of thiophene rings is 1. The molecule has 3 heterocycles. The van der Waals surface area contributed by atoms with Gasteiger partial charge in [0.25, 0.3) is 0 Å². The zero-order chi connectivity index (χ0) is 22.6. The maximum absolute atomic E-state index is 6.25. The van der Waals surface area contributed by atoms with Gasteiger partial charge in [-0.05, 0) is 61.1 Å². The van der Waals surface area contributed by atoms with Crippen LogP contribution >= 0.6 is 31.7 Å². The van der Waals surface area contributed by atoms with Crippen LogP contribution in [0.2, 0.25) is 5.02 Å². The minimum Gasteiger partial charge on any atom is -0.471 e. The molecule has 8 heteroatoms. The summed E-state index contributed by atoms with van der Waals surface area (Å²) >= 11 is 7.94. The third kappa shape index (κ3) is 5.20. The van der Waals surface area contributed by atoms with Gasteiger partial charge in [0.1, 0.15) is 12.1 Å².